The molecular formula is C23H24N6O3. The molecule has 5 rings (SSSR count). The molecule has 164 valence electrons. The summed E-state index contributed by atoms with van der Waals surface area (Å²) >= 11 is 0. The molecule has 1 fully saturated rings. The molecule has 9 heteroatoms. The third-order valence-corrected chi connectivity index (χ3v) is 5.76. The number of anilines is 2. The van der Waals surface area contributed by atoms with E-state index < -0.39 is 0 Å². The van der Waals surface area contributed by atoms with Crippen LogP contribution >= 0.6 is 0 Å². The SMILES string of the molecule is Cc1cc(-c2nc(C)c(C(=O)Nc3cc4c(cnn4C)cc3N3CC[C@H](O)C3)o2)ccn1. The van der Waals surface area contributed by atoms with Gasteiger partial charge in [0.25, 0.3) is 5.91 Å². The van der Waals surface area contributed by atoms with Crippen molar-refractivity contribution in [2.75, 3.05) is 23.3 Å². The highest BCUT2D eigenvalue weighted by atomic mass is 16.4. The van der Waals surface area contributed by atoms with Crippen LogP contribution in [0.2, 0.25) is 0 Å². The van der Waals surface area contributed by atoms with Crippen molar-refractivity contribution in [1.29, 1.82) is 0 Å². The summed E-state index contributed by atoms with van der Waals surface area (Å²) in [6.07, 6.45) is 3.78. The lowest BCUT2D eigenvalue weighted by Crippen LogP contribution is -2.23. The van der Waals surface area contributed by atoms with Crippen molar-refractivity contribution >= 4 is 28.2 Å². The number of amides is 1. The van der Waals surface area contributed by atoms with Crippen LogP contribution in [0.3, 0.4) is 0 Å². The molecule has 3 aromatic heterocycles. The first kappa shape index (κ1) is 20.2. The number of aliphatic hydroxyl groups excluding tert-OH is 1. The molecule has 0 saturated carbocycles. The Morgan fingerprint density at radius 3 is 2.88 bits per heavy atom. The van der Waals surface area contributed by atoms with Gasteiger partial charge in [-0.3, -0.25) is 14.5 Å². The molecular weight excluding hydrogens is 408 g/mol. The lowest BCUT2D eigenvalue weighted by atomic mass is 10.1. The third-order valence-electron chi connectivity index (χ3n) is 5.76. The molecule has 1 amide bonds. The van der Waals surface area contributed by atoms with Crippen molar-refractivity contribution in [2.45, 2.75) is 26.4 Å². The third kappa shape index (κ3) is 3.60. The van der Waals surface area contributed by atoms with Crippen LogP contribution in [0, 0.1) is 13.8 Å². The number of hydrogen-bond donors (Lipinski definition) is 2. The molecule has 9 nitrogen and oxygen atoms in total. The summed E-state index contributed by atoms with van der Waals surface area (Å²) in [4.78, 5) is 23.9. The molecule has 0 spiro atoms. The van der Waals surface area contributed by atoms with E-state index in [4.69, 9.17) is 4.42 Å². The number of benzene rings is 1. The van der Waals surface area contributed by atoms with E-state index in [0.29, 0.717) is 36.8 Å². The van der Waals surface area contributed by atoms with E-state index in [9.17, 15) is 9.90 Å². The number of pyridine rings is 1. The molecule has 1 aromatic carbocycles. The second-order valence-electron chi connectivity index (χ2n) is 8.16. The number of aryl methyl sites for hydroxylation is 3. The van der Waals surface area contributed by atoms with E-state index in [-0.39, 0.29) is 17.8 Å². The normalized spacial score (nSPS) is 16.1. The molecule has 1 aliphatic rings. The minimum Gasteiger partial charge on any atom is -0.431 e. The lowest BCUT2D eigenvalue weighted by Gasteiger charge is -2.22. The smallest absolute Gasteiger partial charge is 0.293 e. The van der Waals surface area contributed by atoms with Gasteiger partial charge in [-0.2, -0.15) is 5.10 Å². The zero-order chi connectivity index (χ0) is 22.4. The standard InChI is InChI=1S/C23H24N6O3/c1-13-8-15(4-6-24-13)23-26-14(2)21(32-23)22(31)27-18-10-19-16(11-25-28(19)3)9-20(18)29-7-5-17(30)12-29/h4,6,8-11,17,30H,5,7,12H2,1-3H3,(H,27,31)/t17-/m0/s1. The molecule has 4 heterocycles. The van der Waals surface area contributed by atoms with E-state index in [2.05, 4.69) is 25.3 Å². The highest BCUT2D eigenvalue weighted by molar-refractivity contribution is 6.06. The Labute approximate surface area is 184 Å². The van der Waals surface area contributed by atoms with E-state index in [1.165, 1.54) is 0 Å². The van der Waals surface area contributed by atoms with Gasteiger partial charge in [-0.15, -0.1) is 0 Å². The van der Waals surface area contributed by atoms with Gasteiger partial charge in [-0.1, -0.05) is 0 Å². The Kier molecular flexibility index (Phi) is 4.90. The Hall–Kier alpha value is -3.72. The minimum atomic E-state index is -0.383. The number of oxazole rings is 1. The maximum atomic E-state index is 13.2. The van der Waals surface area contributed by atoms with Crippen LogP contribution in [0.1, 0.15) is 28.4 Å². The van der Waals surface area contributed by atoms with Crippen molar-refractivity contribution in [3.05, 3.63) is 53.8 Å². The molecule has 1 atom stereocenters. The molecule has 32 heavy (non-hydrogen) atoms. The largest absolute Gasteiger partial charge is 0.431 e. The second-order valence-corrected chi connectivity index (χ2v) is 8.16. The van der Waals surface area contributed by atoms with Crippen LogP contribution in [0.25, 0.3) is 22.4 Å². The van der Waals surface area contributed by atoms with Crippen LogP contribution in [-0.4, -0.2) is 50.0 Å². The summed E-state index contributed by atoms with van der Waals surface area (Å²) in [5.41, 5.74) is 4.49. The number of fused-ring (bicyclic) bond motifs is 1. The predicted molar refractivity (Wildman–Crippen MR) is 121 cm³/mol. The van der Waals surface area contributed by atoms with Crippen molar-refractivity contribution in [3.8, 4) is 11.5 Å². The molecule has 1 aliphatic heterocycles. The number of carbonyl (C=O) groups excluding carboxylic acids is 1. The molecule has 2 N–H and O–H groups in total. The molecule has 4 aromatic rings. The average molecular weight is 432 g/mol. The quantitative estimate of drug-likeness (QED) is 0.510. The van der Waals surface area contributed by atoms with Gasteiger partial charge in [-0.05, 0) is 44.5 Å². The van der Waals surface area contributed by atoms with Crippen molar-refractivity contribution < 1.29 is 14.3 Å². The lowest BCUT2D eigenvalue weighted by molar-refractivity contribution is 0.0996. The van der Waals surface area contributed by atoms with Gasteiger partial charge in [0.1, 0.15) is 0 Å². The van der Waals surface area contributed by atoms with Crippen molar-refractivity contribution in [2.24, 2.45) is 7.05 Å². The first-order chi connectivity index (χ1) is 15.4. The fourth-order valence-corrected chi connectivity index (χ4v) is 4.10. The van der Waals surface area contributed by atoms with E-state index in [1.807, 2.05) is 32.2 Å². The second kappa shape index (κ2) is 7.76. The predicted octanol–water partition coefficient (Wildman–Crippen LogP) is 3.06. The number of β-amino-alcohol motifs (C(OH)–C–C–N with tert-alkyl or cyclic N) is 1. The van der Waals surface area contributed by atoms with E-state index >= 15 is 0 Å². The highest BCUT2D eigenvalue weighted by Gasteiger charge is 2.25. The fourth-order valence-electron chi connectivity index (χ4n) is 4.10. The first-order valence-electron chi connectivity index (χ1n) is 10.5. The highest BCUT2D eigenvalue weighted by Crippen LogP contribution is 2.34. The van der Waals surface area contributed by atoms with Gasteiger partial charge in [0.2, 0.25) is 11.7 Å². The monoisotopic (exact) mass is 432 g/mol. The number of rotatable bonds is 4. The van der Waals surface area contributed by atoms with Gasteiger partial charge >= 0.3 is 0 Å². The van der Waals surface area contributed by atoms with Gasteiger partial charge in [0, 0.05) is 43.0 Å². The Bertz CT molecular complexity index is 1320. The van der Waals surface area contributed by atoms with Crippen LogP contribution in [0.5, 0.6) is 0 Å². The van der Waals surface area contributed by atoms with Crippen molar-refractivity contribution in [3.63, 3.8) is 0 Å². The summed E-state index contributed by atoms with van der Waals surface area (Å²) in [5, 5.41) is 18.3. The van der Waals surface area contributed by atoms with Crippen LogP contribution in [0.15, 0.2) is 41.1 Å². The molecule has 0 radical (unpaired) electrons. The zero-order valence-electron chi connectivity index (χ0n) is 18.2. The van der Waals surface area contributed by atoms with Crippen LogP contribution in [0.4, 0.5) is 11.4 Å². The number of nitrogens with one attached hydrogen (secondary N) is 1. The van der Waals surface area contributed by atoms with Gasteiger partial charge in [-0.25, -0.2) is 4.98 Å². The minimum absolute atomic E-state index is 0.159. The number of carbonyl (C=O) groups is 1. The topological polar surface area (TPSA) is 109 Å². The maximum absolute atomic E-state index is 13.2. The summed E-state index contributed by atoms with van der Waals surface area (Å²) < 4.78 is 7.61. The molecule has 1 saturated heterocycles. The van der Waals surface area contributed by atoms with Gasteiger partial charge < -0.3 is 19.7 Å². The van der Waals surface area contributed by atoms with Crippen LogP contribution < -0.4 is 10.2 Å². The number of aromatic nitrogens is 4. The van der Waals surface area contributed by atoms with E-state index in [0.717, 1.165) is 27.8 Å². The summed E-state index contributed by atoms with van der Waals surface area (Å²) in [5.74, 6) is 0.157. The number of nitrogens with zero attached hydrogens (tertiary/aromatic N) is 5. The first-order valence-corrected chi connectivity index (χ1v) is 10.5. The Morgan fingerprint density at radius 1 is 1.28 bits per heavy atom. The fraction of sp³-hybridized carbons (Fsp3) is 0.304. The Morgan fingerprint density at radius 2 is 2.12 bits per heavy atom. The molecule has 0 unspecified atom stereocenters. The van der Waals surface area contributed by atoms with Crippen molar-refractivity contribution in [1.82, 2.24) is 19.7 Å². The summed E-state index contributed by atoms with van der Waals surface area (Å²) in [6.45, 7) is 4.86. The number of hydrogen-bond acceptors (Lipinski definition) is 7. The molecule has 0 aliphatic carbocycles. The van der Waals surface area contributed by atoms with Gasteiger partial charge in [0.05, 0.1) is 34.9 Å². The number of aliphatic hydroxyl groups is 1. The zero-order valence-corrected chi connectivity index (χ0v) is 18.2. The summed E-state index contributed by atoms with van der Waals surface area (Å²) in [7, 11) is 1.86. The van der Waals surface area contributed by atoms with E-state index in [1.54, 1.807) is 30.1 Å². The molecule has 0 bridgehead atoms. The Balaban J connectivity index is 1.50. The maximum Gasteiger partial charge on any atom is 0.293 e. The average Bonchev–Trinajstić information content (AvgIpc) is 3.46. The van der Waals surface area contributed by atoms with Crippen LogP contribution in [-0.2, 0) is 7.05 Å². The van der Waals surface area contributed by atoms with Gasteiger partial charge in [0.15, 0.2) is 0 Å². The summed E-state index contributed by atoms with van der Waals surface area (Å²) in [6, 6.07) is 7.56.